The van der Waals surface area contributed by atoms with Crippen molar-refractivity contribution in [1.82, 2.24) is 15.1 Å². The van der Waals surface area contributed by atoms with Crippen molar-refractivity contribution in [3.05, 3.63) is 41.0 Å². The first kappa shape index (κ1) is 16.8. The molecule has 0 unspecified atom stereocenters. The van der Waals surface area contributed by atoms with Gasteiger partial charge in [-0.25, -0.2) is 0 Å². The maximum absolute atomic E-state index is 11.8. The monoisotopic (exact) mass is 347 g/mol. The highest BCUT2D eigenvalue weighted by atomic mass is 35.5. The van der Waals surface area contributed by atoms with Crippen LogP contribution in [0.1, 0.15) is 42.1 Å². The number of hydrogen-bond acceptors (Lipinski definition) is 4. The molecule has 1 aliphatic rings. The first-order valence-corrected chi connectivity index (χ1v) is 8.53. The molecule has 3 rings (SSSR count). The molecule has 0 atom stereocenters. The molecule has 7 heteroatoms. The second-order valence-corrected chi connectivity index (χ2v) is 6.60. The minimum atomic E-state index is -0.485. The Morgan fingerprint density at radius 1 is 1.25 bits per heavy atom. The lowest BCUT2D eigenvalue weighted by molar-refractivity contribution is 0.100. The van der Waals surface area contributed by atoms with Crippen LogP contribution in [-0.2, 0) is 0 Å². The van der Waals surface area contributed by atoms with Crippen molar-refractivity contribution in [2.75, 3.05) is 12.4 Å². The SMILES string of the molecule is CNC1CCC(n2cc(C(N)=O)c(Nc3ccc(Cl)cc3)n2)CC1. The van der Waals surface area contributed by atoms with Gasteiger partial charge in [0.1, 0.15) is 5.56 Å². The zero-order chi connectivity index (χ0) is 17.1. The van der Waals surface area contributed by atoms with E-state index in [-0.39, 0.29) is 0 Å². The smallest absolute Gasteiger partial charge is 0.254 e. The summed E-state index contributed by atoms with van der Waals surface area (Å²) in [5.74, 6) is 0.00202. The van der Waals surface area contributed by atoms with E-state index >= 15 is 0 Å². The van der Waals surface area contributed by atoms with Gasteiger partial charge in [0.2, 0.25) is 0 Å². The van der Waals surface area contributed by atoms with E-state index in [4.69, 9.17) is 17.3 Å². The molecule has 0 bridgehead atoms. The third-order valence-electron chi connectivity index (χ3n) is 4.58. The van der Waals surface area contributed by atoms with E-state index < -0.39 is 5.91 Å². The fourth-order valence-corrected chi connectivity index (χ4v) is 3.28. The number of rotatable bonds is 5. The standard InChI is InChI=1S/C17H22ClN5O/c1-20-12-6-8-14(9-7-12)23-10-15(16(19)24)17(22-23)21-13-4-2-11(18)3-5-13/h2-5,10,12,14,20H,6-9H2,1H3,(H2,19,24)(H,21,22). The molecule has 1 amide bonds. The number of anilines is 2. The predicted octanol–water partition coefficient (Wildman–Crippen LogP) is 3.08. The summed E-state index contributed by atoms with van der Waals surface area (Å²) >= 11 is 5.90. The fraction of sp³-hybridized carbons (Fsp3) is 0.412. The number of nitrogens with two attached hydrogens (primary N) is 1. The Kier molecular flexibility index (Phi) is 5.06. The van der Waals surface area contributed by atoms with Crippen LogP contribution in [0.25, 0.3) is 0 Å². The van der Waals surface area contributed by atoms with Gasteiger partial charge in [-0.2, -0.15) is 5.10 Å². The Hall–Kier alpha value is -2.05. The first-order valence-electron chi connectivity index (χ1n) is 8.15. The largest absolute Gasteiger partial charge is 0.365 e. The summed E-state index contributed by atoms with van der Waals surface area (Å²) < 4.78 is 1.88. The number of hydrogen-bond donors (Lipinski definition) is 3. The van der Waals surface area contributed by atoms with Gasteiger partial charge in [-0.3, -0.25) is 9.48 Å². The third kappa shape index (κ3) is 3.71. The maximum Gasteiger partial charge on any atom is 0.254 e. The van der Waals surface area contributed by atoms with E-state index in [1.54, 1.807) is 18.3 Å². The number of carbonyl (C=O) groups is 1. The van der Waals surface area contributed by atoms with Gasteiger partial charge in [0.15, 0.2) is 5.82 Å². The van der Waals surface area contributed by atoms with Gasteiger partial charge in [-0.05, 0) is 57.0 Å². The summed E-state index contributed by atoms with van der Waals surface area (Å²) in [4.78, 5) is 11.8. The first-order chi connectivity index (χ1) is 11.6. The number of aromatic nitrogens is 2. The molecule has 1 heterocycles. The molecule has 1 saturated carbocycles. The minimum absolute atomic E-state index is 0.300. The van der Waals surface area contributed by atoms with Crippen LogP contribution in [0.15, 0.2) is 30.5 Å². The summed E-state index contributed by atoms with van der Waals surface area (Å²) in [6.07, 6.45) is 6.03. The highest BCUT2D eigenvalue weighted by Crippen LogP contribution is 2.30. The minimum Gasteiger partial charge on any atom is -0.365 e. The van der Waals surface area contributed by atoms with E-state index in [0.29, 0.717) is 28.5 Å². The Bertz CT molecular complexity index is 704. The topological polar surface area (TPSA) is 85.0 Å². The Labute approximate surface area is 146 Å². The number of benzene rings is 1. The van der Waals surface area contributed by atoms with E-state index in [9.17, 15) is 4.79 Å². The molecule has 0 saturated heterocycles. The summed E-state index contributed by atoms with van der Waals surface area (Å²) in [6, 6.07) is 8.11. The molecular weight excluding hydrogens is 326 g/mol. The molecule has 0 spiro atoms. The van der Waals surface area contributed by atoms with E-state index in [1.807, 2.05) is 23.9 Å². The van der Waals surface area contributed by atoms with Crippen molar-refractivity contribution in [2.24, 2.45) is 5.73 Å². The molecular formula is C17H22ClN5O. The lowest BCUT2D eigenvalue weighted by Crippen LogP contribution is -2.31. The molecule has 4 N–H and O–H groups in total. The quantitative estimate of drug-likeness (QED) is 0.776. The molecule has 0 aliphatic heterocycles. The second-order valence-electron chi connectivity index (χ2n) is 6.16. The summed E-state index contributed by atoms with van der Waals surface area (Å²) in [7, 11) is 2.00. The molecule has 6 nitrogen and oxygen atoms in total. The summed E-state index contributed by atoms with van der Waals surface area (Å²) in [5, 5.41) is 11.7. The zero-order valence-electron chi connectivity index (χ0n) is 13.6. The van der Waals surface area contributed by atoms with E-state index in [2.05, 4.69) is 15.7 Å². The van der Waals surface area contributed by atoms with Gasteiger partial charge in [-0.15, -0.1) is 0 Å². The van der Waals surface area contributed by atoms with Crippen molar-refractivity contribution in [3.63, 3.8) is 0 Å². The number of amides is 1. The zero-order valence-corrected chi connectivity index (χ0v) is 14.4. The number of nitrogens with one attached hydrogen (secondary N) is 2. The second kappa shape index (κ2) is 7.23. The third-order valence-corrected chi connectivity index (χ3v) is 4.84. The maximum atomic E-state index is 11.8. The van der Waals surface area contributed by atoms with Crippen LogP contribution >= 0.6 is 11.6 Å². The summed E-state index contributed by atoms with van der Waals surface area (Å²) in [5.41, 5.74) is 6.73. The fourth-order valence-electron chi connectivity index (χ4n) is 3.15. The predicted molar refractivity (Wildman–Crippen MR) is 95.8 cm³/mol. The summed E-state index contributed by atoms with van der Waals surface area (Å²) in [6.45, 7) is 0. The average molecular weight is 348 g/mol. The average Bonchev–Trinajstić information content (AvgIpc) is 3.01. The van der Waals surface area contributed by atoms with Crippen LogP contribution in [0.5, 0.6) is 0 Å². The molecule has 24 heavy (non-hydrogen) atoms. The van der Waals surface area contributed by atoms with Crippen LogP contribution in [0.4, 0.5) is 11.5 Å². The van der Waals surface area contributed by atoms with Crippen molar-refractivity contribution >= 4 is 29.0 Å². The number of primary amides is 1. The van der Waals surface area contributed by atoms with Crippen LogP contribution in [-0.4, -0.2) is 28.8 Å². The Balaban J connectivity index is 1.80. The molecule has 1 aliphatic carbocycles. The molecule has 2 aromatic rings. The van der Waals surface area contributed by atoms with Crippen molar-refractivity contribution in [2.45, 2.75) is 37.8 Å². The van der Waals surface area contributed by atoms with Crippen molar-refractivity contribution < 1.29 is 4.79 Å². The van der Waals surface area contributed by atoms with Gasteiger partial charge >= 0.3 is 0 Å². The van der Waals surface area contributed by atoms with E-state index in [0.717, 1.165) is 31.4 Å². The molecule has 1 aromatic carbocycles. The van der Waals surface area contributed by atoms with Crippen LogP contribution in [0.2, 0.25) is 5.02 Å². The highest BCUT2D eigenvalue weighted by molar-refractivity contribution is 6.30. The van der Waals surface area contributed by atoms with E-state index in [1.165, 1.54) is 0 Å². The normalized spacial score (nSPS) is 20.8. The molecule has 1 fully saturated rings. The van der Waals surface area contributed by atoms with Crippen LogP contribution < -0.4 is 16.4 Å². The van der Waals surface area contributed by atoms with Gasteiger partial charge < -0.3 is 16.4 Å². The van der Waals surface area contributed by atoms with Gasteiger partial charge in [0.05, 0.1) is 6.04 Å². The number of nitrogens with zero attached hydrogens (tertiary/aromatic N) is 2. The highest BCUT2D eigenvalue weighted by Gasteiger charge is 2.24. The van der Waals surface area contributed by atoms with Gasteiger partial charge in [0.25, 0.3) is 5.91 Å². The van der Waals surface area contributed by atoms with Crippen LogP contribution in [0, 0.1) is 0 Å². The molecule has 128 valence electrons. The van der Waals surface area contributed by atoms with Crippen molar-refractivity contribution in [1.29, 1.82) is 0 Å². The van der Waals surface area contributed by atoms with Crippen LogP contribution in [0.3, 0.4) is 0 Å². The van der Waals surface area contributed by atoms with Crippen molar-refractivity contribution in [3.8, 4) is 0 Å². The molecule has 0 radical (unpaired) electrons. The van der Waals surface area contributed by atoms with Gasteiger partial charge in [-0.1, -0.05) is 11.6 Å². The van der Waals surface area contributed by atoms with Gasteiger partial charge in [0, 0.05) is 22.9 Å². The Morgan fingerprint density at radius 3 is 2.50 bits per heavy atom. The number of carbonyl (C=O) groups excluding carboxylic acids is 1. The lowest BCUT2D eigenvalue weighted by Gasteiger charge is -2.28. The molecule has 1 aromatic heterocycles. The lowest BCUT2D eigenvalue weighted by atomic mass is 9.91. The Morgan fingerprint density at radius 2 is 1.92 bits per heavy atom. The number of halogens is 1.